The molecule has 114 valence electrons. The summed E-state index contributed by atoms with van der Waals surface area (Å²) in [6.45, 7) is 1.65. The van der Waals surface area contributed by atoms with Crippen LogP contribution in [-0.4, -0.2) is 24.3 Å². The number of hydrogen-bond acceptors (Lipinski definition) is 5. The van der Waals surface area contributed by atoms with E-state index >= 15 is 0 Å². The molecule has 2 rings (SSSR count). The Morgan fingerprint density at radius 1 is 1.45 bits per heavy atom. The summed E-state index contributed by atoms with van der Waals surface area (Å²) in [5, 5.41) is -0.0157. The molecule has 0 bridgehead atoms. The number of nitrogen functional groups attached to an aromatic ring is 1. The van der Waals surface area contributed by atoms with Crippen molar-refractivity contribution >= 4 is 29.5 Å². The van der Waals surface area contributed by atoms with Crippen LogP contribution in [0.1, 0.15) is 26.4 Å². The topological polar surface area (TPSA) is 82.3 Å². The lowest BCUT2D eigenvalue weighted by Crippen LogP contribution is -2.10. The predicted molar refractivity (Wildman–Crippen MR) is 80.5 cm³/mol. The summed E-state index contributed by atoms with van der Waals surface area (Å²) in [5.41, 5.74) is 6.97. The Kier molecular flexibility index (Phi) is 4.42. The lowest BCUT2D eigenvalue weighted by molar-refractivity contribution is 0.0594. The van der Waals surface area contributed by atoms with E-state index < -0.39 is 11.8 Å². The molecule has 0 amide bonds. The molecule has 0 atom stereocenters. The lowest BCUT2D eigenvalue weighted by Gasteiger charge is -2.13. The number of esters is 1. The molecule has 0 unspecified atom stereocenters. The number of methoxy groups -OCH3 is 1. The Morgan fingerprint density at radius 2 is 2.14 bits per heavy atom. The molecule has 0 spiro atoms. The normalized spacial score (nSPS) is 10.4. The fourth-order valence-electron chi connectivity index (χ4n) is 1.95. The molecule has 0 saturated carbocycles. The molecule has 0 radical (unpaired) electrons. The van der Waals surface area contributed by atoms with Crippen molar-refractivity contribution in [1.82, 2.24) is 4.98 Å². The van der Waals surface area contributed by atoms with Gasteiger partial charge in [0.1, 0.15) is 5.82 Å². The first kappa shape index (κ1) is 15.9. The fourth-order valence-corrected chi connectivity index (χ4v) is 2.21. The van der Waals surface area contributed by atoms with Gasteiger partial charge in [-0.25, -0.2) is 14.2 Å². The molecule has 2 aromatic rings. The summed E-state index contributed by atoms with van der Waals surface area (Å²) in [7, 11) is 1.19. The van der Waals surface area contributed by atoms with Gasteiger partial charge in [0, 0.05) is 5.56 Å². The molecular formula is C15H12ClFN2O3. The second kappa shape index (κ2) is 6.11. The van der Waals surface area contributed by atoms with Crippen molar-refractivity contribution in [3.63, 3.8) is 0 Å². The van der Waals surface area contributed by atoms with E-state index in [0.717, 1.165) is 6.07 Å². The van der Waals surface area contributed by atoms with Gasteiger partial charge in [-0.05, 0) is 24.6 Å². The molecule has 2 N–H and O–H groups in total. The van der Waals surface area contributed by atoms with Gasteiger partial charge >= 0.3 is 5.97 Å². The van der Waals surface area contributed by atoms with Crippen molar-refractivity contribution in [3.8, 4) is 11.3 Å². The zero-order valence-corrected chi connectivity index (χ0v) is 12.6. The van der Waals surface area contributed by atoms with Gasteiger partial charge < -0.3 is 10.5 Å². The Hall–Kier alpha value is -2.47. The van der Waals surface area contributed by atoms with Gasteiger partial charge in [-0.1, -0.05) is 17.7 Å². The summed E-state index contributed by atoms with van der Waals surface area (Å²) in [6.07, 6.45) is 0.412. The maximum atomic E-state index is 13.8. The highest BCUT2D eigenvalue weighted by Crippen LogP contribution is 2.33. The minimum absolute atomic E-state index is 0.0157. The summed E-state index contributed by atoms with van der Waals surface area (Å²) in [6, 6.07) is 3.98. The maximum absolute atomic E-state index is 13.8. The van der Waals surface area contributed by atoms with Crippen LogP contribution < -0.4 is 5.73 Å². The van der Waals surface area contributed by atoms with Crippen LogP contribution in [0.5, 0.6) is 0 Å². The number of rotatable bonds is 3. The van der Waals surface area contributed by atoms with E-state index in [9.17, 15) is 14.0 Å². The first-order chi connectivity index (χ1) is 10.4. The highest BCUT2D eigenvalue weighted by Gasteiger charge is 2.21. The number of carbonyl (C=O) groups is 2. The van der Waals surface area contributed by atoms with Crippen LogP contribution in [0.25, 0.3) is 11.3 Å². The van der Waals surface area contributed by atoms with Crippen molar-refractivity contribution in [1.29, 1.82) is 0 Å². The Labute approximate surface area is 130 Å². The Bertz CT molecular complexity index is 778. The molecule has 5 nitrogen and oxygen atoms in total. The smallest absolute Gasteiger partial charge is 0.358 e. The first-order valence-electron chi connectivity index (χ1n) is 6.19. The monoisotopic (exact) mass is 322 g/mol. The average Bonchev–Trinajstić information content (AvgIpc) is 2.52. The first-order valence-corrected chi connectivity index (χ1v) is 6.57. The average molecular weight is 323 g/mol. The molecule has 0 saturated heterocycles. The van der Waals surface area contributed by atoms with E-state index in [4.69, 9.17) is 17.3 Å². The number of carbonyl (C=O) groups excluding carboxylic acids is 2. The third-order valence-electron chi connectivity index (χ3n) is 3.21. The molecule has 1 aromatic heterocycles. The number of hydrogen-bond donors (Lipinski definition) is 1. The molecule has 0 aliphatic rings. The Balaban J connectivity index is 2.70. The predicted octanol–water partition coefficient (Wildman–Crippen LogP) is 3.03. The van der Waals surface area contributed by atoms with Crippen molar-refractivity contribution in [2.24, 2.45) is 0 Å². The van der Waals surface area contributed by atoms with Crippen LogP contribution in [0.2, 0.25) is 5.02 Å². The number of nitrogens with two attached hydrogens (primary N) is 1. The van der Waals surface area contributed by atoms with Gasteiger partial charge in [0.25, 0.3) is 0 Å². The number of anilines is 1. The SMILES string of the molecule is COC(=O)c1nc(-c2ccc(C=O)c(F)c2)c(C)c(N)c1Cl. The maximum Gasteiger partial charge on any atom is 0.358 e. The van der Waals surface area contributed by atoms with Crippen molar-refractivity contribution in [3.05, 3.63) is 45.9 Å². The highest BCUT2D eigenvalue weighted by atomic mass is 35.5. The van der Waals surface area contributed by atoms with Gasteiger partial charge in [-0.2, -0.15) is 0 Å². The summed E-state index contributed by atoms with van der Waals surface area (Å²) < 4.78 is 18.4. The van der Waals surface area contributed by atoms with E-state index in [2.05, 4.69) is 9.72 Å². The van der Waals surface area contributed by atoms with Gasteiger partial charge in [-0.15, -0.1) is 0 Å². The van der Waals surface area contributed by atoms with Crippen LogP contribution >= 0.6 is 11.6 Å². The number of aldehydes is 1. The Morgan fingerprint density at radius 3 is 2.68 bits per heavy atom. The van der Waals surface area contributed by atoms with Crippen LogP contribution in [0, 0.1) is 12.7 Å². The molecule has 22 heavy (non-hydrogen) atoms. The molecule has 0 aliphatic carbocycles. The van der Waals surface area contributed by atoms with Crippen LogP contribution in [0.4, 0.5) is 10.1 Å². The number of halogens is 2. The number of pyridine rings is 1. The zero-order chi connectivity index (χ0) is 16.4. The molecule has 7 heteroatoms. The van der Waals surface area contributed by atoms with Crippen LogP contribution in [0.3, 0.4) is 0 Å². The molecular weight excluding hydrogens is 311 g/mol. The molecule has 0 aliphatic heterocycles. The van der Waals surface area contributed by atoms with Crippen molar-refractivity contribution in [2.75, 3.05) is 12.8 Å². The molecule has 1 aromatic carbocycles. The summed E-state index contributed by atoms with van der Waals surface area (Å²) in [4.78, 5) is 26.5. The van der Waals surface area contributed by atoms with Gasteiger partial charge in [0.15, 0.2) is 12.0 Å². The highest BCUT2D eigenvalue weighted by molar-refractivity contribution is 6.36. The van der Waals surface area contributed by atoms with E-state index in [1.54, 1.807) is 6.92 Å². The van der Waals surface area contributed by atoms with E-state index in [-0.39, 0.29) is 22.0 Å². The lowest BCUT2D eigenvalue weighted by atomic mass is 10.0. The van der Waals surface area contributed by atoms with Crippen LogP contribution in [0.15, 0.2) is 18.2 Å². The standard InChI is InChI=1S/C15H12ClFN2O3/c1-7-12(18)11(16)14(15(21)22-2)19-13(7)8-3-4-9(6-20)10(17)5-8/h3-6H,1-2H3,(H2,18,19). The van der Waals surface area contributed by atoms with E-state index in [1.807, 2.05) is 0 Å². The van der Waals surface area contributed by atoms with Crippen molar-refractivity contribution in [2.45, 2.75) is 6.92 Å². The third-order valence-corrected chi connectivity index (χ3v) is 3.59. The summed E-state index contributed by atoms with van der Waals surface area (Å²) in [5.74, 6) is -1.44. The summed E-state index contributed by atoms with van der Waals surface area (Å²) >= 11 is 6.00. The zero-order valence-electron chi connectivity index (χ0n) is 11.8. The third kappa shape index (κ3) is 2.65. The van der Waals surface area contributed by atoms with E-state index in [0.29, 0.717) is 23.1 Å². The molecule has 0 fully saturated rings. The quantitative estimate of drug-likeness (QED) is 0.693. The number of benzene rings is 1. The number of ether oxygens (including phenoxy) is 1. The minimum Gasteiger partial charge on any atom is -0.464 e. The second-order valence-corrected chi connectivity index (χ2v) is 4.89. The molecule has 1 heterocycles. The second-order valence-electron chi connectivity index (χ2n) is 4.51. The number of aromatic nitrogens is 1. The number of nitrogens with zero attached hydrogens (tertiary/aromatic N) is 1. The fraction of sp³-hybridized carbons (Fsp3) is 0.133. The largest absolute Gasteiger partial charge is 0.464 e. The van der Waals surface area contributed by atoms with Gasteiger partial charge in [-0.3, -0.25) is 4.79 Å². The van der Waals surface area contributed by atoms with Crippen LogP contribution in [-0.2, 0) is 4.74 Å². The minimum atomic E-state index is -0.747. The van der Waals surface area contributed by atoms with Gasteiger partial charge in [0.2, 0.25) is 0 Å². The van der Waals surface area contributed by atoms with Gasteiger partial charge in [0.05, 0.1) is 29.1 Å². The van der Waals surface area contributed by atoms with E-state index in [1.165, 1.54) is 19.2 Å². The van der Waals surface area contributed by atoms with Crippen molar-refractivity contribution < 1.29 is 18.7 Å².